The molecule has 0 saturated heterocycles. The monoisotopic (exact) mass is 194 g/mol. The van der Waals surface area contributed by atoms with Gasteiger partial charge in [-0.15, -0.1) is 0 Å². The van der Waals surface area contributed by atoms with Crippen molar-refractivity contribution in [2.75, 3.05) is 14.2 Å². The third-order valence-corrected chi connectivity index (χ3v) is 2.15. The molecule has 0 unspecified atom stereocenters. The van der Waals surface area contributed by atoms with Crippen molar-refractivity contribution in [3.05, 3.63) is 28.8 Å². The van der Waals surface area contributed by atoms with Crippen molar-refractivity contribution in [1.82, 2.24) is 0 Å². The standard InChI is InChI=1S/C11H14O3/c1-7-6-10(13-3)8(2)5-9(7)11(12)14-4/h5-6H,1-4H3. The molecule has 1 aromatic carbocycles. The smallest absolute Gasteiger partial charge is 0.338 e. The number of carbonyl (C=O) groups is 1. The molecule has 0 aliphatic rings. The minimum absolute atomic E-state index is 0.312. The van der Waals surface area contributed by atoms with Crippen LogP contribution in [0.1, 0.15) is 21.5 Å². The predicted octanol–water partition coefficient (Wildman–Crippen LogP) is 2.10. The number of methoxy groups -OCH3 is 2. The summed E-state index contributed by atoms with van der Waals surface area (Å²) < 4.78 is 9.81. The summed E-state index contributed by atoms with van der Waals surface area (Å²) in [6.45, 7) is 3.75. The minimum atomic E-state index is -0.312. The van der Waals surface area contributed by atoms with E-state index in [1.165, 1.54) is 7.11 Å². The Morgan fingerprint density at radius 1 is 1.14 bits per heavy atom. The molecule has 14 heavy (non-hydrogen) atoms. The highest BCUT2D eigenvalue weighted by atomic mass is 16.5. The van der Waals surface area contributed by atoms with Crippen LogP contribution in [0, 0.1) is 13.8 Å². The molecular weight excluding hydrogens is 180 g/mol. The Kier molecular flexibility index (Phi) is 3.12. The average Bonchev–Trinajstić information content (AvgIpc) is 2.19. The topological polar surface area (TPSA) is 35.5 Å². The summed E-state index contributed by atoms with van der Waals surface area (Å²) >= 11 is 0. The Morgan fingerprint density at radius 2 is 1.79 bits per heavy atom. The van der Waals surface area contributed by atoms with Crippen molar-refractivity contribution in [2.24, 2.45) is 0 Å². The van der Waals surface area contributed by atoms with E-state index in [0.29, 0.717) is 5.56 Å². The molecule has 3 nitrogen and oxygen atoms in total. The molecule has 0 saturated carbocycles. The zero-order chi connectivity index (χ0) is 10.7. The van der Waals surface area contributed by atoms with Gasteiger partial charge in [-0.25, -0.2) is 4.79 Å². The fourth-order valence-electron chi connectivity index (χ4n) is 1.34. The molecule has 0 aromatic heterocycles. The second-order valence-corrected chi connectivity index (χ2v) is 3.13. The molecule has 1 aromatic rings. The summed E-state index contributed by atoms with van der Waals surface area (Å²) in [6.07, 6.45) is 0. The fraction of sp³-hybridized carbons (Fsp3) is 0.364. The maximum Gasteiger partial charge on any atom is 0.338 e. The summed E-state index contributed by atoms with van der Waals surface area (Å²) in [5.74, 6) is 0.475. The number of ether oxygens (including phenoxy) is 2. The van der Waals surface area contributed by atoms with Gasteiger partial charge in [0, 0.05) is 0 Å². The zero-order valence-electron chi connectivity index (χ0n) is 8.88. The third-order valence-electron chi connectivity index (χ3n) is 2.15. The van der Waals surface area contributed by atoms with Crippen LogP contribution in [0.5, 0.6) is 5.75 Å². The van der Waals surface area contributed by atoms with Crippen LogP contribution in [-0.4, -0.2) is 20.2 Å². The number of hydrogen-bond acceptors (Lipinski definition) is 3. The SMILES string of the molecule is COC(=O)c1cc(C)c(OC)cc1C. The number of aryl methyl sites for hydroxylation is 2. The van der Waals surface area contributed by atoms with Crippen LogP contribution in [0.4, 0.5) is 0 Å². The largest absolute Gasteiger partial charge is 0.496 e. The Morgan fingerprint density at radius 3 is 2.29 bits per heavy atom. The summed E-state index contributed by atoms with van der Waals surface area (Å²) in [4.78, 5) is 11.3. The van der Waals surface area contributed by atoms with E-state index in [2.05, 4.69) is 4.74 Å². The van der Waals surface area contributed by atoms with Crippen molar-refractivity contribution >= 4 is 5.97 Å². The molecule has 0 amide bonds. The lowest BCUT2D eigenvalue weighted by molar-refractivity contribution is 0.0600. The molecule has 0 radical (unpaired) electrons. The van der Waals surface area contributed by atoms with E-state index in [-0.39, 0.29) is 5.97 Å². The Hall–Kier alpha value is -1.51. The molecule has 0 aliphatic carbocycles. The maximum atomic E-state index is 11.3. The van der Waals surface area contributed by atoms with Crippen LogP contribution in [0.2, 0.25) is 0 Å². The highest BCUT2D eigenvalue weighted by molar-refractivity contribution is 5.91. The minimum Gasteiger partial charge on any atom is -0.496 e. The molecule has 0 fully saturated rings. The van der Waals surface area contributed by atoms with Crippen molar-refractivity contribution in [1.29, 1.82) is 0 Å². The molecule has 3 heteroatoms. The van der Waals surface area contributed by atoms with E-state index >= 15 is 0 Å². The molecule has 0 heterocycles. The van der Waals surface area contributed by atoms with Crippen molar-refractivity contribution < 1.29 is 14.3 Å². The van der Waals surface area contributed by atoms with E-state index in [0.717, 1.165) is 16.9 Å². The number of rotatable bonds is 2. The van der Waals surface area contributed by atoms with Crippen LogP contribution in [0.3, 0.4) is 0 Å². The van der Waals surface area contributed by atoms with E-state index in [1.807, 2.05) is 19.9 Å². The number of carbonyl (C=O) groups excluding carboxylic acids is 1. The zero-order valence-corrected chi connectivity index (χ0v) is 8.88. The van der Waals surface area contributed by atoms with Gasteiger partial charge >= 0.3 is 5.97 Å². The molecule has 1 rings (SSSR count). The Bertz CT molecular complexity index is 356. The molecule has 0 bridgehead atoms. The highest BCUT2D eigenvalue weighted by Gasteiger charge is 2.11. The van der Waals surface area contributed by atoms with Gasteiger partial charge in [-0.2, -0.15) is 0 Å². The van der Waals surface area contributed by atoms with Gasteiger partial charge in [-0.05, 0) is 37.1 Å². The molecule has 0 atom stereocenters. The van der Waals surface area contributed by atoms with Gasteiger partial charge in [-0.1, -0.05) is 0 Å². The van der Waals surface area contributed by atoms with Gasteiger partial charge < -0.3 is 9.47 Å². The average molecular weight is 194 g/mol. The first-order chi connectivity index (χ1) is 6.60. The van der Waals surface area contributed by atoms with Gasteiger partial charge in [0.25, 0.3) is 0 Å². The first-order valence-electron chi connectivity index (χ1n) is 4.33. The highest BCUT2D eigenvalue weighted by Crippen LogP contribution is 2.22. The first kappa shape index (κ1) is 10.6. The molecule has 76 valence electrons. The molecule has 0 spiro atoms. The van der Waals surface area contributed by atoms with E-state index < -0.39 is 0 Å². The molecular formula is C11H14O3. The van der Waals surface area contributed by atoms with Crippen molar-refractivity contribution in [3.63, 3.8) is 0 Å². The second-order valence-electron chi connectivity index (χ2n) is 3.13. The maximum absolute atomic E-state index is 11.3. The Balaban J connectivity index is 3.21. The summed E-state index contributed by atoms with van der Waals surface area (Å²) in [5, 5.41) is 0. The molecule has 0 aliphatic heterocycles. The fourth-order valence-corrected chi connectivity index (χ4v) is 1.34. The van der Waals surface area contributed by atoms with E-state index in [9.17, 15) is 4.79 Å². The van der Waals surface area contributed by atoms with Gasteiger partial charge in [0.15, 0.2) is 0 Å². The summed E-state index contributed by atoms with van der Waals surface area (Å²) in [5.41, 5.74) is 2.38. The predicted molar refractivity (Wildman–Crippen MR) is 53.8 cm³/mol. The van der Waals surface area contributed by atoms with E-state index in [4.69, 9.17) is 4.74 Å². The lowest BCUT2D eigenvalue weighted by atomic mass is 10.0. The number of hydrogen-bond donors (Lipinski definition) is 0. The van der Waals surface area contributed by atoms with Gasteiger partial charge in [0.2, 0.25) is 0 Å². The van der Waals surface area contributed by atoms with Crippen LogP contribution in [0.15, 0.2) is 12.1 Å². The van der Waals surface area contributed by atoms with Crippen LogP contribution in [0.25, 0.3) is 0 Å². The third kappa shape index (κ3) is 1.87. The number of benzene rings is 1. The lowest BCUT2D eigenvalue weighted by Crippen LogP contribution is -2.04. The van der Waals surface area contributed by atoms with E-state index in [1.54, 1.807) is 13.2 Å². The van der Waals surface area contributed by atoms with Gasteiger partial charge in [0.05, 0.1) is 19.8 Å². The lowest BCUT2D eigenvalue weighted by Gasteiger charge is -2.09. The number of esters is 1. The van der Waals surface area contributed by atoms with Crippen LogP contribution >= 0.6 is 0 Å². The van der Waals surface area contributed by atoms with Gasteiger partial charge in [0.1, 0.15) is 5.75 Å². The second kappa shape index (κ2) is 4.13. The molecule has 0 N–H and O–H groups in total. The first-order valence-corrected chi connectivity index (χ1v) is 4.33. The van der Waals surface area contributed by atoms with Crippen LogP contribution < -0.4 is 4.74 Å². The normalized spacial score (nSPS) is 9.71. The van der Waals surface area contributed by atoms with Crippen molar-refractivity contribution in [3.8, 4) is 5.75 Å². The van der Waals surface area contributed by atoms with Crippen molar-refractivity contribution in [2.45, 2.75) is 13.8 Å². The Labute approximate surface area is 83.6 Å². The van der Waals surface area contributed by atoms with Gasteiger partial charge in [-0.3, -0.25) is 0 Å². The quantitative estimate of drug-likeness (QED) is 0.676. The summed E-state index contributed by atoms with van der Waals surface area (Å²) in [7, 11) is 2.99. The van der Waals surface area contributed by atoms with Crippen LogP contribution in [-0.2, 0) is 4.74 Å². The summed E-state index contributed by atoms with van der Waals surface area (Å²) in [6, 6.07) is 3.61.